The molecule has 2 aliphatic heterocycles. The lowest BCUT2D eigenvalue weighted by Gasteiger charge is -2.36. The van der Waals surface area contributed by atoms with Crippen molar-refractivity contribution in [3.8, 4) is 0 Å². The minimum atomic E-state index is -0.606. The van der Waals surface area contributed by atoms with Crippen LogP contribution in [0.15, 0.2) is 29.5 Å². The summed E-state index contributed by atoms with van der Waals surface area (Å²) in [5, 5.41) is 0. The summed E-state index contributed by atoms with van der Waals surface area (Å²) in [7, 11) is 0. The highest BCUT2D eigenvalue weighted by Crippen LogP contribution is 2.28. The van der Waals surface area contributed by atoms with Gasteiger partial charge in [-0.25, -0.2) is 9.79 Å². The number of pyridine rings is 1. The van der Waals surface area contributed by atoms with E-state index >= 15 is 0 Å². The number of ether oxygens (including phenoxy) is 2. The van der Waals surface area contributed by atoms with Crippen molar-refractivity contribution in [2.24, 2.45) is 4.99 Å². The maximum atomic E-state index is 12.9. The smallest absolute Gasteiger partial charge is 0.410 e. The molecule has 0 aromatic carbocycles. The number of rotatable bonds is 2. The van der Waals surface area contributed by atoms with Gasteiger partial charge in [0.25, 0.3) is 5.91 Å². The molecule has 2 atom stereocenters. The van der Waals surface area contributed by atoms with Gasteiger partial charge in [0, 0.05) is 38.6 Å². The minimum absolute atomic E-state index is 0.0931. The zero-order valence-electron chi connectivity index (χ0n) is 15.3. The number of carbonyl (C=O) groups excluding carboxylic acids is 2. The first-order chi connectivity index (χ1) is 12.3. The molecule has 0 radical (unpaired) electrons. The van der Waals surface area contributed by atoms with E-state index in [4.69, 9.17) is 9.47 Å². The summed E-state index contributed by atoms with van der Waals surface area (Å²) < 4.78 is 10.9. The van der Waals surface area contributed by atoms with Crippen LogP contribution in [0.4, 0.5) is 4.79 Å². The third kappa shape index (κ3) is 4.12. The van der Waals surface area contributed by atoms with Gasteiger partial charge in [-0.2, -0.15) is 0 Å². The van der Waals surface area contributed by atoms with Crippen molar-refractivity contribution in [1.82, 2.24) is 14.8 Å². The summed E-state index contributed by atoms with van der Waals surface area (Å²) in [4.78, 5) is 36.6. The number of hydrogen-bond donors (Lipinski definition) is 0. The summed E-state index contributed by atoms with van der Waals surface area (Å²) in [6, 6.07) is 3.03. The highest BCUT2D eigenvalue weighted by Gasteiger charge is 2.38. The van der Waals surface area contributed by atoms with Crippen molar-refractivity contribution in [3.63, 3.8) is 0 Å². The Balaban J connectivity index is 1.58. The van der Waals surface area contributed by atoms with Crippen molar-refractivity contribution < 1.29 is 19.1 Å². The largest absolute Gasteiger partial charge is 0.473 e. The van der Waals surface area contributed by atoms with Crippen LogP contribution in [0.3, 0.4) is 0 Å². The Hall–Kier alpha value is -2.64. The number of aromatic nitrogens is 1. The zero-order valence-corrected chi connectivity index (χ0v) is 15.3. The van der Waals surface area contributed by atoms with E-state index in [1.165, 1.54) is 6.40 Å². The van der Waals surface area contributed by atoms with Gasteiger partial charge in [0.2, 0.25) is 0 Å². The molecule has 0 bridgehead atoms. The van der Waals surface area contributed by atoms with Crippen molar-refractivity contribution in [2.45, 2.75) is 38.5 Å². The van der Waals surface area contributed by atoms with E-state index in [1.807, 2.05) is 32.9 Å². The molecule has 2 unspecified atom stereocenters. The molecular weight excluding hydrogens is 336 g/mol. The van der Waals surface area contributed by atoms with Crippen LogP contribution in [0.1, 0.15) is 32.4 Å². The molecule has 1 aromatic rings. The lowest BCUT2D eigenvalue weighted by molar-refractivity contribution is -0.135. The average molecular weight is 360 g/mol. The second-order valence-corrected chi connectivity index (χ2v) is 7.33. The van der Waals surface area contributed by atoms with E-state index < -0.39 is 17.7 Å². The third-order valence-electron chi connectivity index (χ3n) is 4.25. The predicted octanol–water partition coefficient (Wildman–Crippen LogP) is 1.63. The number of aliphatic imine (C=N–C) groups is 1. The Labute approximate surface area is 152 Å². The second kappa shape index (κ2) is 7.31. The number of piperazine rings is 1. The number of carbonyl (C=O) groups is 2. The molecule has 1 fully saturated rings. The molecule has 3 rings (SSSR count). The summed E-state index contributed by atoms with van der Waals surface area (Å²) >= 11 is 0. The maximum absolute atomic E-state index is 12.9. The van der Waals surface area contributed by atoms with Crippen LogP contribution in [0.25, 0.3) is 0 Å². The molecule has 0 saturated carbocycles. The molecule has 2 amide bonds. The summed E-state index contributed by atoms with van der Waals surface area (Å²) in [6.07, 6.45) is 3.89. The van der Waals surface area contributed by atoms with Crippen LogP contribution < -0.4 is 0 Å². The van der Waals surface area contributed by atoms with E-state index in [2.05, 4.69) is 9.98 Å². The van der Waals surface area contributed by atoms with Crippen molar-refractivity contribution >= 4 is 18.4 Å². The van der Waals surface area contributed by atoms with Crippen LogP contribution >= 0.6 is 0 Å². The van der Waals surface area contributed by atoms with E-state index in [1.54, 1.807) is 22.2 Å². The van der Waals surface area contributed by atoms with Crippen molar-refractivity contribution in [3.05, 3.63) is 30.1 Å². The molecule has 26 heavy (non-hydrogen) atoms. The van der Waals surface area contributed by atoms with Crippen molar-refractivity contribution in [2.75, 3.05) is 26.2 Å². The van der Waals surface area contributed by atoms with Gasteiger partial charge >= 0.3 is 6.09 Å². The van der Waals surface area contributed by atoms with Gasteiger partial charge in [0.15, 0.2) is 18.5 Å². The van der Waals surface area contributed by atoms with Gasteiger partial charge in [-0.1, -0.05) is 0 Å². The van der Waals surface area contributed by atoms with Gasteiger partial charge in [-0.15, -0.1) is 0 Å². The highest BCUT2D eigenvalue weighted by molar-refractivity contribution is 5.85. The standard InChI is InChI=1S/C18H24N4O4/c1-18(2,3)26-17(24)22-10-8-21(9-11-22)16(23)14-15(25-12-20-14)13-4-6-19-7-5-13/h4-7,12,14-15H,8-11H2,1-3H3. The number of hydrogen-bond acceptors (Lipinski definition) is 6. The average Bonchev–Trinajstić information content (AvgIpc) is 3.10. The highest BCUT2D eigenvalue weighted by atomic mass is 16.6. The molecule has 2 aliphatic rings. The Morgan fingerprint density at radius 2 is 1.73 bits per heavy atom. The van der Waals surface area contributed by atoms with Gasteiger partial charge < -0.3 is 19.3 Å². The Bertz CT molecular complexity index is 678. The Kier molecular flexibility index (Phi) is 5.11. The molecule has 0 N–H and O–H groups in total. The van der Waals surface area contributed by atoms with Crippen LogP contribution in [0.2, 0.25) is 0 Å². The fraction of sp³-hybridized carbons (Fsp3) is 0.556. The first-order valence-electron chi connectivity index (χ1n) is 8.69. The maximum Gasteiger partial charge on any atom is 0.410 e. The molecule has 3 heterocycles. The van der Waals surface area contributed by atoms with Gasteiger partial charge in [0.1, 0.15) is 5.60 Å². The van der Waals surface area contributed by atoms with Crippen LogP contribution in [0.5, 0.6) is 0 Å². The summed E-state index contributed by atoms with van der Waals surface area (Å²) in [5.41, 5.74) is 0.334. The Morgan fingerprint density at radius 1 is 1.12 bits per heavy atom. The summed E-state index contributed by atoms with van der Waals surface area (Å²) in [6.45, 7) is 7.29. The molecule has 8 heteroatoms. The quantitative estimate of drug-likeness (QED) is 0.800. The second-order valence-electron chi connectivity index (χ2n) is 7.33. The lowest BCUT2D eigenvalue weighted by atomic mass is 10.0. The van der Waals surface area contributed by atoms with Crippen LogP contribution in [0, 0.1) is 0 Å². The lowest BCUT2D eigenvalue weighted by Crippen LogP contribution is -2.53. The number of nitrogens with zero attached hydrogens (tertiary/aromatic N) is 4. The summed E-state index contributed by atoms with van der Waals surface area (Å²) in [5.74, 6) is -0.0931. The molecule has 8 nitrogen and oxygen atoms in total. The van der Waals surface area contributed by atoms with Crippen LogP contribution in [-0.2, 0) is 14.3 Å². The van der Waals surface area contributed by atoms with E-state index in [-0.39, 0.29) is 12.0 Å². The Morgan fingerprint density at radius 3 is 2.35 bits per heavy atom. The predicted molar refractivity (Wildman–Crippen MR) is 94.7 cm³/mol. The minimum Gasteiger partial charge on any atom is -0.473 e. The third-order valence-corrected chi connectivity index (χ3v) is 4.25. The normalized spacial score (nSPS) is 22.9. The van der Waals surface area contributed by atoms with Gasteiger partial charge in [-0.3, -0.25) is 9.78 Å². The van der Waals surface area contributed by atoms with Gasteiger partial charge in [-0.05, 0) is 38.5 Å². The van der Waals surface area contributed by atoms with E-state index in [0.717, 1.165) is 5.56 Å². The van der Waals surface area contributed by atoms with Crippen LogP contribution in [-0.4, -0.2) is 71.0 Å². The topological polar surface area (TPSA) is 84.3 Å². The van der Waals surface area contributed by atoms with E-state index in [9.17, 15) is 9.59 Å². The van der Waals surface area contributed by atoms with Gasteiger partial charge in [0.05, 0.1) is 0 Å². The fourth-order valence-electron chi connectivity index (χ4n) is 2.95. The monoisotopic (exact) mass is 360 g/mol. The molecule has 0 aliphatic carbocycles. The molecular formula is C18H24N4O4. The number of amides is 2. The first kappa shape index (κ1) is 18.2. The fourth-order valence-corrected chi connectivity index (χ4v) is 2.95. The zero-order chi connectivity index (χ0) is 18.7. The van der Waals surface area contributed by atoms with Crippen molar-refractivity contribution in [1.29, 1.82) is 0 Å². The van der Waals surface area contributed by atoms with E-state index in [0.29, 0.717) is 26.2 Å². The molecule has 1 aromatic heterocycles. The molecule has 1 saturated heterocycles. The molecule has 0 spiro atoms. The first-order valence-corrected chi connectivity index (χ1v) is 8.69. The SMILES string of the molecule is CC(C)(C)OC(=O)N1CCN(C(=O)C2N=COC2c2ccncc2)CC1. The molecule has 140 valence electrons.